The van der Waals surface area contributed by atoms with Crippen molar-refractivity contribution in [3.05, 3.63) is 87.9 Å². The molecule has 1 N–H and O–H groups in total. The Morgan fingerprint density at radius 2 is 1.72 bits per heavy atom. The van der Waals surface area contributed by atoms with E-state index in [4.69, 9.17) is 32.9 Å². The van der Waals surface area contributed by atoms with Gasteiger partial charge in [0.1, 0.15) is 5.75 Å². The predicted octanol–water partition coefficient (Wildman–Crippen LogP) is 6.60. The second-order valence-corrected chi connectivity index (χ2v) is 7.47. The lowest BCUT2D eigenvalue weighted by Crippen LogP contribution is -2.05. The number of methoxy groups -OCH3 is 1. The zero-order chi connectivity index (χ0) is 20.2. The van der Waals surface area contributed by atoms with Gasteiger partial charge in [-0.1, -0.05) is 65.7 Å². The highest BCUT2D eigenvalue weighted by atomic mass is 35.5. The lowest BCUT2D eigenvalue weighted by molar-refractivity contribution is 0.415. The second kappa shape index (κ2) is 8.73. The Labute approximate surface area is 180 Å². The van der Waals surface area contributed by atoms with Crippen LogP contribution in [0.4, 0.5) is 5.69 Å². The van der Waals surface area contributed by atoms with Gasteiger partial charge >= 0.3 is 0 Å². The molecule has 0 saturated carbocycles. The van der Waals surface area contributed by atoms with Gasteiger partial charge in [-0.2, -0.15) is 0 Å². The van der Waals surface area contributed by atoms with E-state index in [1.807, 2.05) is 36.4 Å². The van der Waals surface area contributed by atoms with E-state index in [9.17, 15) is 0 Å². The van der Waals surface area contributed by atoms with Crippen molar-refractivity contribution in [3.63, 3.8) is 0 Å². The maximum Gasteiger partial charge on any atom is 0.118 e. The van der Waals surface area contributed by atoms with Gasteiger partial charge in [0.25, 0.3) is 0 Å². The Balaban J connectivity index is 1.71. The number of nitrogens with zero attached hydrogens (tertiary/aromatic N) is 1. The van der Waals surface area contributed by atoms with Gasteiger partial charge in [0.2, 0.25) is 0 Å². The molecule has 0 amide bonds. The summed E-state index contributed by atoms with van der Waals surface area (Å²) in [4.78, 5) is 4.77. The molecule has 29 heavy (non-hydrogen) atoms. The van der Waals surface area contributed by atoms with Crippen molar-refractivity contribution in [1.29, 1.82) is 0 Å². The van der Waals surface area contributed by atoms with E-state index in [0.717, 1.165) is 45.9 Å². The predicted molar refractivity (Wildman–Crippen MR) is 124 cm³/mol. The van der Waals surface area contributed by atoms with Gasteiger partial charge in [0.15, 0.2) is 0 Å². The molecule has 3 aromatic carbocycles. The molecule has 5 heteroatoms. The highest BCUT2D eigenvalue weighted by molar-refractivity contribution is 6.42. The molecule has 0 aromatic heterocycles. The van der Waals surface area contributed by atoms with Crippen LogP contribution in [-0.4, -0.2) is 25.9 Å². The smallest absolute Gasteiger partial charge is 0.118 e. The van der Waals surface area contributed by atoms with E-state index in [2.05, 4.69) is 35.6 Å². The van der Waals surface area contributed by atoms with Gasteiger partial charge in [-0.3, -0.25) is 4.99 Å². The zero-order valence-corrected chi connectivity index (χ0v) is 17.5. The van der Waals surface area contributed by atoms with Gasteiger partial charge in [0, 0.05) is 17.7 Å². The van der Waals surface area contributed by atoms with Crippen molar-refractivity contribution >= 4 is 40.7 Å². The molecule has 0 aliphatic carbocycles. The van der Waals surface area contributed by atoms with Gasteiger partial charge in [-0.05, 0) is 41.5 Å². The third kappa shape index (κ3) is 4.31. The number of anilines is 1. The summed E-state index contributed by atoms with van der Waals surface area (Å²) in [6.07, 6.45) is 4.04. The van der Waals surface area contributed by atoms with Crippen LogP contribution in [0.3, 0.4) is 0 Å². The van der Waals surface area contributed by atoms with Crippen LogP contribution >= 0.6 is 23.2 Å². The first-order valence-corrected chi connectivity index (χ1v) is 10.1. The molecule has 0 atom stereocenters. The van der Waals surface area contributed by atoms with Crippen LogP contribution in [0.1, 0.15) is 11.1 Å². The number of hydrogen-bond donors (Lipinski definition) is 1. The normalized spacial score (nSPS) is 13.4. The fourth-order valence-corrected chi connectivity index (χ4v) is 3.65. The van der Waals surface area contributed by atoms with Crippen LogP contribution in [0.25, 0.3) is 17.2 Å². The maximum absolute atomic E-state index is 6.14. The Bertz CT molecular complexity index is 1090. The van der Waals surface area contributed by atoms with Gasteiger partial charge in [0.05, 0.1) is 35.1 Å². The SMILES string of the molecule is COc1ccc(-c2cccc3c2NCCN=C3C=Cc2ccc(Cl)c(Cl)c2)cc1. The number of aliphatic imine (C=N–C) groups is 1. The summed E-state index contributed by atoms with van der Waals surface area (Å²) in [6.45, 7) is 1.49. The molecule has 146 valence electrons. The van der Waals surface area contributed by atoms with Crippen molar-refractivity contribution in [2.45, 2.75) is 0 Å². The maximum atomic E-state index is 6.14. The highest BCUT2D eigenvalue weighted by Gasteiger charge is 2.15. The number of nitrogens with one attached hydrogen (secondary N) is 1. The number of hydrogen-bond acceptors (Lipinski definition) is 3. The minimum absolute atomic E-state index is 0.542. The number of benzodiazepines with no additional fused rings is 1. The molecule has 0 spiro atoms. The monoisotopic (exact) mass is 422 g/mol. The minimum Gasteiger partial charge on any atom is -0.497 e. The number of ether oxygens (including phenoxy) is 1. The van der Waals surface area contributed by atoms with E-state index in [-0.39, 0.29) is 0 Å². The standard InChI is InChI=1S/C24H20Cl2N2O/c1-29-18-9-7-17(8-10-18)19-3-2-4-20-23(27-13-14-28-24(19)20)12-6-16-5-11-21(25)22(26)15-16/h2-12,15,28H,13-14H2,1H3. The summed E-state index contributed by atoms with van der Waals surface area (Å²) in [6, 6.07) is 20.0. The largest absolute Gasteiger partial charge is 0.497 e. The van der Waals surface area contributed by atoms with Crippen LogP contribution in [0.2, 0.25) is 10.0 Å². The van der Waals surface area contributed by atoms with Crippen LogP contribution in [0.5, 0.6) is 5.75 Å². The summed E-state index contributed by atoms with van der Waals surface area (Å²) in [5.74, 6) is 0.843. The lowest BCUT2D eigenvalue weighted by atomic mass is 9.97. The Morgan fingerprint density at radius 3 is 2.48 bits per heavy atom. The van der Waals surface area contributed by atoms with E-state index >= 15 is 0 Å². The van der Waals surface area contributed by atoms with Gasteiger partial charge in [-0.25, -0.2) is 0 Å². The van der Waals surface area contributed by atoms with E-state index in [0.29, 0.717) is 16.6 Å². The van der Waals surface area contributed by atoms with Crippen molar-refractivity contribution in [1.82, 2.24) is 0 Å². The molecule has 0 fully saturated rings. The molecular formula is C24H20Cl2N2O. The number of allylic oxidation sites excluding steroid dienone is 1. The molecule has 1 aliphatic rings. The van der Waals surface area contributed by atoms with Crippen molar-refractivity contribution in [2.24, 2.45) is 4.99 Å². The van der Waals surface area contributed by atoms with Crippen LogP contribution < -0.4 is 10.1 Å². The molecule has 1 aliphatic heterocycles. The van der Waals surface area contributed by atoms with Crippen LogP contribution in [0, 0.1) is 0 Å². The average Bonchev–Trinajstić information content (AvgIpc) is 2.97. The summed E-state index contributed by atoms with van der Waals surface area (Å²) < 4.78 is 5.28. The molecule has 4 rings (SSSR count). The van der Waals surface area contributed by atoms with Crippen LogP contribution in [0.15, 0.2) is 71.7 Å². The third-order valence-electron chi connectivity index (χ3n) is 4.81. The average molecular weight is 423 g/mol. The molecule has 0 radical (unpaired) electrons. The van der Waals surface area contributed by atoms with E-state index < -0.39 is 0 Å². The van der Waals surface area contributed by atoms with Crippen molar-refractivity contribution in [3.8, 4) is 16.9 Å². The van der Waals surface area contributed by atoms with Crippen molar-refractivity contribution < 1.29 is 4.74 Å². The molecular weight excluding hydrogens is 403 g/mol. The third-order valence-corrected chi connectivity index (χ3v) is 5.55. The number of benzene rings is 3. The fourth-order valence-electron chi connectivity index (χ4n) is 3.34. The Morgan fingerprint density at radius 1 is 0.931 bits per heavy atom. The first kappa shape index (κ1) is 19.6. The van der Waals surface area contributed by atoms with Crippen LogP contribution in [-0.2, 0) is 0 Å². The quantitative estimate of drug-likeness (QED) is 0.513. The fraction of sp³-hybridized carbons (Fsp3) is 0.125. The van der Waals surface area contributed by atoms with E-state index in [1.54, 1.807) is 13.2 Å². The summed E-state index contributed by atoms with van der Waals surface area (Å²) in [5, 5.41) is 4.64. The first-order chi connectivity index (χ1) is 14.2. The van der Waals surface area contributed by atoms with Crippen molar-refractivity contribution in [2.75, 3.05) is 25.5 Å². The molecule has 0 bridgehead atoms. The first-order valence-electron chi connectivity index (χ1n) is 9.35. The van der Waals surface area contributed by atoms with Gasteiger partial charge in [-0.15, -0.1) is 0 Å². The number of halogens is 2. The second-order valence-electron chi connectivity index (χ2n) is 6.66. The number of rotatable bonds is 4. The molecule has 0 unspecified atom stereocenters. The Hall–Kier alpha value is -2.75. The summed E-state index contributed by atoms with van der Waals surface area (Å²) in [7, 11) is 1.67. The molecule has 1 heterocycles. The zero-order valence-electron chi connectivity index (χ0n) is 16.0. The summed E-state index contributed by atoms with van der Waals surface area (Å²) >= 11 is 12.2. The molecule has 3 nitrogen and oxygen atoms in total. The lowest BCUT2D eigenvalue weighted by Gasteiger charge is -2.15. The number of fused-ring (bicyclic) bond motifs is 1. The highest BCUT2D eigenvalue weighted by Crippen LogP contribution is 2.33. The summed E-state index contributed by atoms with van der Waals surface area (Å²) in [5.41, 5.74) is 6.35. The van der Waals surface area contributed by atoms with Gasteiger partial charge < -0.3 is 10.1 Å². The number of para-hydroxylation sites is 1. The van der Waals surface area contributed by atoms with E-state index in [1.165, 1.54) is 0 Å². The minimum atomic E-state index is 0.542. The Kier molecular flexibility index (Phi) is 5.89. The topological polar surface area (TPSA) is 33.6 Å². The molecule has 3 aromatic rings. The molecule has 0 saturated heterocycles.